The van der Waals surface area contributed by atoms with E-state index in [1.165, 1.54) is 324 Å². The first-order valence-corrected chi connectivity index (χ1v) is 33.6. The maximum absolute atomic E-state index is 10.2. The summed E-state index contributed by atoms with van der Waals surface area (Å²) in [4.78, 5) is 30.7. The van der Waals surface area contributed by atoms with Crippen LogP contribution in [0.15, 0.2) is 0 Å². The minimum Gasteiger partial charge on any atom is -0.549 e. The van der Waals surface area contributed by atoms with Crippen molar-refractivity contribution in [3.63, 3.8) is 0 Å². The van der Waals surface area contributed by atoms with E-state index in [0.717, 1.165) is 36.5 Å². The molecule has 0 aromatic carbocycles. The molecule has 0 amide bonds. The van der Waals surface area contributed by atoms with E-state index in [-0.39, 0.29) is 43.5 Å². The zero-order valence-electron chi connectivity index (χ0n) is 46.8. The van der Waals surface area contributed by atoms with E-state index < -0.39 is 17.9 Å². The summed E-state index contributed by atoms with van der Waals surface area (Å²) in [5, 5.41) is 30.7. The maximum atomic E-state index is 10.2. The first-order chi connectivity index (χ1) is 33.8. The first kappa shape index (κ1) is 76.8. The fourth-order valence-electron chi connectivity index (χ4n) is 8.72. The number of carboxylic acids is 3. The molecule has 0 spiro atoms. The molecule has 0 heterocycles. The summed E-state index contributed by atoms with van der Waals surface area (Å²) < 4.78 is 0. The van der Waals surface area contributed by atoms with Crippen molar-refractivity contribution in [3.05, 3.63) is 0 Å². The molecule has 0 rings (SSSR count). The number of carboxylic acid groups (broad SMARTS) is 3. The number of aliphatic carboxylic acids is 3. The predicted octanol–water partition coefficient (Wildman–Crippen LogP) is 16.8. The zero-order chi connectivity index (χ0) is 51.0. The zero-order valence-corrected chi connectivity index (χ0v) is 52.7. The van der Waals surface area contributed by atoms with Crippen molar-refractivity contribution in [2.45, 2.75) is 329 Å². The van der Waals surface area contributed by atoms with Gasteiger partial charge in [-0.05, 0) is 36.5 Å². The normalized spacial score (nSPS) is 10.8. The van der Waals surface area contributed by atoms with E-state index in [1.807, 2.05) is 0 Å². The molecule has 10 heteroatoms. The molecule has 0 bridgehead atoms. The molecule has 70 heavy (non-hydrogen) atoms. The third kappa shape index (κ3) is 85.1. The third-order valence-electron chi connectivity index (χ3n) is 13.1. The minimum atomic E-state index is -0.938. The van der Waals surface area contributed by atoms with E-state index >= 15 is 0 Å². The number of carbonyl (C=O) groups is 3. The Bertz CT molecular complexity index is 858. The van der Waals surface area contributed by atoms with Crippen LogP contribution in [-0.4, -0.2) is 78.6 Å². The van der Waals surface area contributed by atoms with Crippen LogP contribution in [-0.2, 0) is 14.4 Å². The largest absolute Gasteiger partial charge is 3.00 e. The van der Waals surface area contributed by atoms with Gasteiger partial charge in [0.25, 0.3) is 0 Å². The molecule has 416 valence electrons. The van der Waals surface area contributed by atoms with Gasteiger partial charge in [0.15, 0.2) is 0 Å². The molecule has 0 aromatic rings. The van der Waals surface area contributed by atoms with Crippen molar-refractivity contribution in [2.24, 2.45) is 0 Å². The van der Waals surface area contributed by atoms with Crippen LogP contribution in [0.5, 0.6) is 0 Å². The van der Waals surface area contributed by atoms with Gasteiger partial charge in [-0.2, -0.15) is 35.3 Å². The molecule has 0 aromatic heterocycles. The van der Waals surface area contributed by atoms with Gasteiger partial charge in [0, 0.05) is 17.3 Å². The predicted molar refractivity (Wildman–Crippen MR) is 311 cm³/mol. The molecule has 0 saturated heterocycles. The molecular weight excluding hydrogens is 1120 g/mol. The Hall–Kier alpha value is 0.343. The van der Waals surface area contributed by atoms with Crippen LogP contribution in [0.3, 0.4) is 0 Å². The number of carbonyl (C=O) groups excluding carboxylic acids is 3. The van der Waals surface area contributed by atoms with E-state index in [9.17, 15) is 29.7 Å². The SMILES string of the molecule is CCCCCCCCCCCCCCCCCCSCC(=O)[O-].CCCCCCCCCCCCCCCCCCSCC(=O)[O-].CCCCCCCCCCCCCCCCCCSCC(=O)[O-].[Bi+3]. The van der Waals surface area contributed by atoms with Gasteiger partial charge >= 0.3 is 26.2 Å². The van der Waals surface area contributed by atoms with Crippen molar-refractivity contribution < 1.29 is 29.7 Å². The van der Waals surface area contributed by atoms with Crippen LogP contribution >= 0.6 is 35.3 Å². The minimum absolute atomic E-state index is 0. The van der Waals surface area contributed by atoms with Crippen molar-refractivity contribution in [3.8, 4) is 0 Å². The summed E-state index contributed by atoms with van der Waals surface area (Å²) in [6.07, 6.45) is 66.2. The number of unbranched alkanes of at least 4 members (excludes halogenated alkanes) is 45. The number of hydrogen-bond donors (Lipinski definition) is 0. The van der Waals surface area contributed by atoms with Crippen LogP contribution in [0, 0.1) is 0 Å². The van der Waals surface area contributed by atoms with Gasteiger partial charge in [-0.15, -0.1) is 0 Å². The van der Waals surface area contributed by atoms with Crippen LogP contribution in [0.2, 0.25) is 0 Å². The average molecular weight is 1240 g/mol. The first-order valence-electron chi connectivity index (χ1n) is 30.1. The van der Waals surface area contributed by atoms with Crippen molar-refractivity contribution >= 4 is 79.4 Å². The molecule has 2 radical (unpaired) electrons. The Labute approximate surface area is 469 Å². The molecule has 0 atom stereocenters. The average Bonchev–Trinajstić information content (AvgIpc) is 3.33. The molecular formula is C60H117BiO6S3. The second-order valence-corrected chi connectivity index (χ2v) is 23.5. The number of rotatable bonds is 57. The third-order valence-corrected chi connectivity index (χ3v) is 16.1. The summed E-state index contributed by atoms with van der Waals surface area (Å²) in [6.45, 7) is 6.83. The van der Waals surface area contributed by atoms with Crippen LogP contribution < -0.4 is 15.3 Å². The Kier molecular flexibility index (Phi) is 80.8. The summed E-state index contributed by atoms with van der Waals surface area (Å²) >= 11 is 4.46. The van der Waals surface area contributed by atoms with Gasteiger partial charge in [0.1, 0.15) is 0 Å². The summed E-state index contributed by atoms with van der Waals surface area (Å²) in [5.41, 5.74) is 0. The Morgan fingerprint density at radius 2 is 0.343 bits per heavy atom. The van der Waals surface area contributed by atoms with E-state index in [0.29, 0.717) is 0 Å². The Morgan fingerprint density at radius 1 is 0.229 bits per heavy atom. The monoisotopic (exact) mass is 1240 g/mol. The number of thioether (sulfide) groups is 3. The van der Waals surface area contributed by atoms with Gasteiger partial charge in [0.05, 0.1) is 17.9 Å². The van der Waals surface area contributed by atoms with Crippen LogP contribution in [0.1, 0.15) is 329 Å². The summed E-state index contributed by atoms with van der Waals surface area (Å²) in [7, 11) is 0. The Balaban J connectivity index is -0.000000463. The topological polar surface area (TPSA) is 120 Å². The van der Waals surface area contributed by atoms with Gasteiger partial charge in [0.2, 0.25) is 0 Å². The standard InChI is InChI=1S/3C20H40O2S.Bi/c3*1-2-3-4-5-6-7-8-9-10-11-12-13-14-15-16-17-18-23-19-20(21)22;/h3*2-19H2,1H3,(H,21,22);/q;;;+3/p-3. The second kappa shape index (κ2) is 73.6. The molecule has 0 N–H and O–H groups in total. The molecule has 0 aliphatic heterocycles. The van der Waals surface area contributed by atoms with Gasteiger partial charge in [-0.25, -0.2) is 0 Å². The molecule has 0 aliphatic carbocycles. The maximum Gasteiger partial charge on any atom is 3.00 e. The molecule has 0 fully saturated rings. The van der Waals surface area contributed by atoms with Crippen LogP contribution in [0.4, 0.5) is 0 Å². The molecule has 0 saturated carbocycles. The van der Waals surface area contributed by atoms with Crippen molar-refractivity contribution in [1.82, 2.24) is 0 Å². The summed E-state index contributed by atoms with van der Waals surface area (Å²) in [6, 6.07) is 0. The second-order valence-electron chi connectivity index (χ2n) is 20.2. The molecule has 0 unspecified atom stereocenters. The van der Waals surface area contributed by atoms with Crippen molar-refractivity contribution in [1.29, 1.82) is 0 Å². The Morgan fingerprint density at radius 3 is 0.457 bits per heavy atom. The fraction of sp³-hybridized carbons (Fsp3) is 0.950. The fourth-order valence-corrected chi connectivity index (χ4v) is 10.9. The molecule has 0 aliphatic rings. The smallest absolute Gasteiger partial charge is 0.549 e. The number of hydrogen-bond acceptors (Lipinski definition) is 9. The van der Waals surface area contributed by atoms with Gasteiger partial charge in [-0.1, -0.05) is 310 Å². The van der Waals surface area contributed by atoms with E-state index in [4.69, 9.17) is 0 Å². The summed E-state index contributed by atoms with van der Waals surface area (Å²) in [5.74, 6) is 0.533. The van der Waals surface area contributed by atoms with Gasteiger partial charge < -0.3 is 29.7 Å². The van der Waals surface area contributed by atoms with E-state index in [1.54, 1.807) is 0 Å². The van der Waals surface area contributed by atoms with Crippen molar-refractivity contribution in [2.75, 3.05) is 34.5 Å². The molecule has 6 nitrogen and oxygen atoms in total. The van der Waals surface area contributed by atoms with E-state index in [2.05, 4.69) is 20.8 Å². The van der Waals surface area contributed by atoms with Crippen LogP contribution in [0.25, 0.3) is 0 Å². The quantitative estimate of drug-likeness (QED) is 0.0433. The van der Waals surface area contributed by atoms with Gasteiger partial charge in [-0.3, -0.25) is 0 Å².